The molecule has 3 nitrogen and oxygen atoms in total. The van der Waals surface area contributed by atoms with E-state index in [2.05, 4.69) is 5.32 Å². The number of hydrogen-bond acceptors (Lipinski definition) is 2. The van der Waals surface area contributed by atoms with Gasteiger partial charge in [-0.3, -0.25) is 4.79 Å². The second kappa shape index (κ2) is 6.13. The van der Waals surface area contributed by atoms with Crippen molar-refractivity contribution in [1.82, 2.24) is 10.2 Å². The van der Waals surface area contributed by atoms with Crippen molar-refractivity contribution in [3.63, 3.8) is 0 Å². The van der Waals surface area contributed by atoms with Gasteiger partial charge in [-0.15, -0.1) is 0 Å². The summed E-state index contributed by atoms with van der Waals surface area (Å²) in [5.41, 5.74) is 0.233. The number of amides is 1. The highest BCUT2D eigenvalue weighted by molar-refractivity contribution is 14.1. The van der Waals surface area contributed by atoms with Crippen molar-refractivity contribution in [1.29, 1.82) is 0 Å². The molecule has 0 aliphatic carbocycles. The molecule has 0 radical (unpaired) electrons. The fourth-order valence-electron chi connectivity index (χ4n) is 2.25. The van der Waals surface area contributed by atoms with Gasteiger partial charge >= 0.3 is 0 Å². The van der Waals surface area contributed by atoms with Gasteiger partial charge in [0.15, 0.2) is 11.6 Å². The van der Waals surface area contributed by atoms with Crippen LogP contribution in [0.25, 0.3) is 0 Å². The van der Waals surface area contributed by atoms with Crippen LogP contribution in [0.5, 0.6) is 0 Å². The number of piperidine rings is 1. The highest BCUT2D eigenvalue weighted by Gasteiger charge is 2.25. The van der Waals surface area contributed by atoms with Crippen molar-refractivity contribution in [2.24, 2.45) is 0 Å². The number of likely N-dealkylation sites (tertiary alicyclic amines) is 1. The number of rotatable bonds is 2. The number of benzene rings is 1. The van der Waals surface area contributed by atoms with Crippen LogP contribution in [-0.2, 0) is 0 Å². The molecule has 1 amide bonds. The SMILES string of the molecule is CNC1CCCN(C(=O)c2cc(F)c(F)cc2I)C1. The van der Waals surface area contributed by atoms with Crippen molar-refractivity contribution in [3.8, 4) is 0 Å². The summed E-state index contributed by atoms with van der Waals surface area (Å²) >= 11 is 1.86. The van der Waals surface area contributed by atoms with E-state index in [1.165, 1.54) is 0 Å². The van der Waals surface area contributed by atoms with Crippen LogP contribution in [0, 0.1) is 15.2 Å². The molecule has 0 saturated carbocycles. The smallest absolute Gasteiger partial charge is 0.255 e. The first-order valence-electron chi connectivity index (χ1n) is 6.14. The largest absolute Gasteiger partial charge is 0.337 e. The van der Waals surface area contributed by atoms with Crippen LogP contribution in [-0.4, -0.2) is 37.0 Å². The summed E-state index contributed by atoms with van der Waals surface area (Å²) in [4.78, 5) is 14.0. The van der Waals surface area contributed by atoms with Crippen LogP contribution in [0.1, 0.15) is 23.2 Å². The van der Waals surface area contributed by atoms with E-state index >= 15 is 0 Å². The van der Waals surface area contributed by atoms with Gasteiger partial charge in [0, 0.05) is 22.7 Å². The standard InChI is InChI=1S/C13H15F2IN2O/c1-17-8-3-2-4-18(7-8)13(19)9-5-10(14)11(15)6-12(9)16/h5-6,8,17H,2-4,7H2,1H3. The van der Waals surface area contributed by atoms with E-state index in [1.807, 2.05) is 29.6 Å². The predicted molar refractivity (Wildman–Crippen MR) is 77.1 cm³/mol. The summed E-state index contributed by atoms with van der Waals surface area (Å²) in [7, 11) is 1.86. The molecule has 1 aliphatic heterocycles. The molecule has 0 bridgehead atoms. The molecule has 1 aliphatic rings. The lowest BCUT2D eigenvalue weighted by molar-refractivity contribution is 0.0696. The molecule has 0 aromatic heterocycles. The molecule has 1 fully saturated rings. The third kappa shape index (κ3) is 3.22. The van der Waals surface area contributed by atoms with E-state index < -0.39 is 11.6 Å². The molecular formula is C13H15F2IN2O. The van der Waals surface area contributed by atoms with Gasteiger partial charge in [0.25, 0.3) is 5.91 Å². The number of nitrogens with one attached hydrogen (secondary N) is 1. The zero-order valence-electron chi connectivity index (χ0n) is 10.5. The Morgan fingerprint density at radius 1 is 1.42 bits per heavy atom. The molecule has 1 N–H and O–H groups in total. The van der Waals surface area contributed by atoms with E-state index in [0.717, 1.165) is 25.0 Å². The van der Waals surface area contributed by atoms with Crippen molar-refractivity contribution >= 4 is 28.5 Å². The Morgan fingerprint density at radius 2 is 2.11 bits per heavy atom. The summed E-state index contributed by atoms with van der Waals surface area (Å²) in [5, 5.41) is 3.15. The molecule has 1 heterocycles. The molecule has 1 unspecified atom stereocenters. The summed E-state index contributed by atoms with van der Waals surface area (Å²) < 4.78 is 26.8. The summed E-state index contributed by atoms with van der Waals surface area (Å²) in [6, 6.07) is 2.31. The Labute approximate surface area is 124 Å². The number of nitrogens with zero attached hydrogens (tertiary/aromatic N) is 1. The lowest BCUT2D eigenvalue weighted by atomic mass is 10.0. The molecule has 6 heteroatoms. The first kappa shape index (κ1) is 14.6. The lowest BCUT2D eigenvalue weighted by Gasteiger charge is -2.32. The molecule has 1 saturated heterocycles. The topological polar surface area (TPSA) is 32.3 Å². The first-order chi connectivity index (χ1) is 9.02. The van der Waals surface area contributed by atoms with E-state index in [1.54, 1.807) is 4.90 Å². The first-order valence-corrected chi connectivity index (χ1v) is 7.22. The van der Waals surface area contributed by atoms with Gasteiger partial charge in [-0.2, -0.15) is 0 Å². The molecular weight excluding hydrogens is 365 g/mol. The highest BCUT2D eigenvalue weighted by atomic mass is 127. The van der Waals surface area contributed by atoms with E-state index in [4.69, 9.17) is 0 Å². The monoisotopic (exact) mass is 380 g/mol. The Balaban J connectivity index is 2.22. The lowest BCUT2D eigenvalue weighted by Crippen LogP contribution is -2.47. The highest BCUT2D eigenvalue weighted by Crippen LogP contribution is 2.21. The summed E-state index contributed by atoms with van der Waals surface area (Å²) in [5.74, 6) is -2.14. The normalized spacial score (nSPS) is 19.6. The zero-order chi connectivity index (χ0) is 14.0. The number of carbonyl (C=O) groups excluding carboxylic acids is 1. The van der Waals surface area contributed by atoms with E-state index in [-0.39, 0.29) is 17.5 Å². The van der Waals surface area contributed by atoms with Gasteiger partial charge in [-0.25, -0.2) is 8.78 Å². The van der Waals surface area contributed by atoms with Crippen molar-refractivity contribution < 1.29 is 13.6 Å². The zero-order valence-corrected chi connectivity index (χ0v) is 12.7. The Morgan fingerprint density at radius 3 is 2.79 bits per heavy atom. The van der Waals surface area contributed by atoms with Crippen LogP contribution in [0.3, 0.4) is 0 Å². The van der Waals surface area contributed by atoms with E-state index in [0.29, 0.717) is 16.7 Å². The fourth-order valence-corrected chi connectivity index (χ4v) is 2.91. The van der Waals surface area contributed by atoms with Crippen LogP contribution in [0.4, 0.5) is 8.78 Å². The average Bonchev–Trinajstić information content (AvgIpc) is 2.42. The minimum absolute atomic E-state index is 0.233. The van der Waals surface area contributed by atoms with Gasteiger partial charge in [0.1, 0.15) is 0 Å². The number of carbonyl (C=O) groups is 1. The Hall–Kier alpha value is -0.760. The number of hydrogen-bond donors (Lipinski definition) is 1. The quantitative estimate of drug-likeness (QED) is 0.632. The second-order valence-corrected chi connectivity index (χ2v) is 5.79. The number of halogens is 3. The van der Waals surface area contributed by atoms with Crippen molar-refractivity contribution in [3.05, 3.63) is 32.9 Å². The van der Waals surface area contributed by atoms with Crippen LogP contribution < -0.4 is 5.32 Å². The van der Waals surface area contributed by atoms with Crippen molar-refractivity contribution in [2.75, 3.05) is 20.1 Å². The average molecular weight is 380 g/mol. The molecule has 1 atom stereocenters. The third-order valence-electron chi connectivity index (χ3n) is 3.36. The Bertz CT molecular complexity index is 496. The van der Waals surface area contributed by atoms with Crippen LogP contribution in [0.2, 0.25) is 0 Å². The minimum Gasteiger partial charge on any atom is -0.337 e. The molecule has 19 heavy (non-hydrogen) atoms. The summed E-state index contributed by atoms with van der Waals surface area (Å²) in [6.07, 6.45) is 1.94. The van der Waals surface area contributed by atoms with Gasteiger partial charge in [0.2, 0.25) is 0 Å². The molecule has 2 rings (SSSR count). The maximum Gasteiger partial charge on any atom is 0.255 e. The molecule has 1 aromatic carbocycles. The summed E-state index contributed by atoms with van der Waals surface area (Å²) in [6.45, 7) is 1.26. The van der Waals surface area contributed by atoms with Gasteiger partial charge in [0.05, 0.1) is 5.56 Å². The van der Waals surface area contributed by atoms with Gasteiger partial charge < -0.3 is 10.2 Å². The Kier molecular flexibility index (Phi) is 4.72. The molecule has 104 valence electrons. The van der Waals surface area contributed by atoms with E-state index in [9.17, 15) is 13.6 Å². The van der Waals surface area contributed by atoms with Gasteiger partial charge in [-0.1, -0.05) is 0 Å². The maximum atomic E-state index is 13.3. The van der Waals surface area contributed by atoms with Crippen LogP contribution >= 0.6 is 22.6 Å². The third-order valence-corrected chi connectivity index (χ3v) is 4.25. The fraction of sp³-hybridized carbons (Fsp3) is 0.462. The van der Waals surface area contributed by atoms with Crippen molar-refractivity contribution in [2.45, 2.75) is 18.9 Å². The van der Waals surface area contributed by atoms with Gasteiger partial charge in [-0.05, 0) is 54.6 Å². The molecule has 1 aromatic rings. The minimum atomic E-state index is -0.981. The predicted octanol–water partition coefficient (Wildman–Crippen LogP) is 2.39. The van der Waals surface area contributed by atoms with Crippen LogP contribution in [0.15, 0.2) is 12.1 Å². The molecule has 0 spiro atoms. The number of likely N-dealkylation sites (N-methyl/N-ethyl adjacent to an activating group) is 1. The second-order valence-electron chi connectivity index (χ2n) is 4.63. The maximum absolute atomic E-state index is 13.3.